The first-order chi connectivity index (χ1) is 12.8. The van der Waals surface area contributed by atoms with Crippen LogP contribution in [0.3, 0.4) is 0 Å². The molecule has 1 aliphatic heterocycles. The van der Waals surface area contributed by atoms with E-state index in [1.807, 2.05) is 42.2 Å². The van der Waals surface area contributed by atoms with Crippen molar-refractivity contribution >= 4 is 23.4 Å². The van der Waals surface area contributed by atoms with Crippen LogP contribution in [-0.2, 0) is 11.0 Å². The molecule has 0 radical (unpaired) electrons. The van der Waals surface area contributed by atoms with Gasteiger partial charge < -0.3 is 9.80 Å². The Labute approximate surface area is 161 Å². The van der Waals surface area contributed by atoms with E-state index < -0.39 is 11.7 Å². The van der Waals surface area contributed by atoms with Crippen LogP contribution in [0.2, 0.25) is 0 Å². The predicted octanol–water partition coefficient (Wildman–Crippen LogP) is 4.53. The molecule has 0 spiro atoms. The molecule has 1 saturated heterocycles. The van der Waals surface area contributed by atoms with Crippen LogP contribution in [0.5, 0.6) is 0 Å². The minimum atomic E-state index is -4.35. The summed E-state index contributed by atoms with van der Waals surface area (Å²) < 4.78 is 38.7. The first-order valence-electron chi connectivity index (χ1n) is 8.77. The third-order valence-corrected chi connectivity index (χ3v) is 5.63. The lowest BCUT2D eigenvalue weighted by Gasteiger charge is -2.37. The van der Waals surface area contributed by atoms with E-state index in [2.05, 4.69) is 0 Å². The van der Waals surface area contributed by atoms with E-state index in [0.29, 0.717) is 31.9 Å². The molecule has 1 fully saturated rings. The molecule has 1 heterocycles. The number of piperazine rings is 1. The zero-order valence-corrected chi connectivity index (χ0v) is 15.8. The predicted molar refractivity (Wildman–Crippen MR) is 102 cm³/mol. The van der Waals surface area contributed by atoms with Gasteiger partial charge >= 0.3 is 6.18 Å². The lowest BCUT2D eigenvalue weighted by atomic mass is 10.1. The van der Waals surface area contributed by atoms with E-state index in [1.54, 1.807) is 11.0 Å². The smallest absolute Gasteiger partial charge is 0.368 e. The molecular formula is C20H21F3N2OS. The fraction of sp³-hybridized carbons (Fsp3) is 0.350. The number of amides is 1. The van der Waals surface area contributed by atoms with Crippen LogP contribution in [0.15, 0.2) is 59.5 Å². The van der Waals surface area contributed by atoms with Crippen molar-refractivity contribution in [1.82, 2.24) is 4.90 Å². The van der Waals surface area contributed by atoms with Gasteiger partial charge in [-0.3, -0.25) is 4.79 Å². The molecule has 27 heavy (non-hydrogen) atoms. The maximum Gasteiger partial charge on any atom is 0.416 e. The van der Waals surface area contributed by atoms with Gasteiger partial charge in [0.2, 0.25) is 5.91 Å². The van der Waals surface area contributed by atoms with E-state index in [9.17, 15) is 18.0 Å². The maximum atomic E-state index is 12.9. The Hall–Kier alpha value is -2.15. The first kappa shape index (κ1) is 19.6. The number of anilines is 1. The first-order valence-corrected chi connectivity index (χ1v) is 9.65. The fourth-order valence-corrected chi connectivity index (χ4v) is 4.05. The highest BCUT2D eigenvalue weighted by molar-refractivity contribution is 8.00. The number of nitrogens with zero attached hydrogens (tertiary/aromatic N) is 2. The second-order valence-corrected chi connectivity index (χ2v) is 7.85. The summed E-state index contributed by atoms with van der Waals surface area (Å²) in [4.78, 5) is 17.4. The maximum absolute atomic E-state index is 12.9. The largest absolute Gasteiger partial charge is 0.416 e. The molecule has 2 aromatic rings. The molecular weight excluding hydrogens is 373 g/mol. The standard InChI is InChI=1S/C20H21F3N2OS/c1-15(27-18-8-3-2-4-9-18)19(26)25-12-10-24(11-13-25)17-7-5-6-16(14-17)20(21,22)23/h2-9,14-15H,10-13H2,1H3/t15-/m0/s1. The van der Waals surface area contributed by atoms with Gasteiger partial charge in [-0.1, -0.05) is 24.3 Å². The highest BCUT2D eigenvalue weighted by Gasteiger charge is 2.31. The molecule has 144 valence electrons. The number of rotatable bonds is 4. The fourth-order valence-electron chi connectivity index (χ4n) is 3.07. The van der Waals surface area contributed by atoms with Gasteiger partial charge in [0.15, 0.2) is 0 Å². The van der Waals surface area contributed by atoms with Crippen LogP contribution in [0.4, 0.5) is 18.9 Å². The number of hydrogen-bond donors (Lipinski definition) is 0. The van der Waals surface area contributed by atoms with Crippen molar-refractivity contribution in [3.05, 3.63) is 60.2 Å². The van der Waals surface area contributed by atoms with Crippen molar-refractivity contribution in [3.63, 3.8) is 0 Å². The molecule has 2 aromatic carbocycles. The van der Waals surface area contributed by atoms with Crippen molar-refractivity contribution in [3.8, 4) is 0 Å². The number of thioether (sulfide) groups is 1. The quantitative estimate of drug-likeness (QED) is 0.712. The average molecular weight is 394 g/mol. The van der Waals surface area contributed by atoms with Gasteiger partial charge in [0.1, 0.15) is 0 Å². The van der Waals surface area contributed by atoms with E-state index in [-0.39, 0.29) is 11.2 Å². The van der Waals surface area contributed by atoms with Crippen molar-refractivity contribution in [1.29, 1.82) is 0 Å². The topological polar surface area (TPSA) is 23.6 Å². The number of benzene rings is 2. The summed E-state index contributed by atoms with van der Waals surface area (Å²) in [6.07, 6.45) is -4.35. The third kappa shape index (κ3) is 4.97. The number of alkyl halides is 3. The summed E-state index contributed by atoms with van der Waals surface area (Å²) in [5.74, 6) is 0.0625. The molecule has 0 bridgehead atoms. The normalized spacial score (nSPS) is 16.3. The molecule has 0 aliphatic carbocycles. The lowest BCUT2D eigenvalue weighted by molar-refractivity contribution is -0.137. The minimum absolute atomic E-state index is 0.0625. The molecule has 7 heteroatoms. The molecule has 1 amide bonds. The molecule has 3 nitrogen and oxygen atoms in total. The Morgan fingerprint density at radius 3 is 2.30 bits per heavy atom. The Bertz CT molecular complexity index is 774. The Morgan fingerprint density at radius 1 is 1.00 bits per heavy atom. The summed E-state index contributed by atoms with van der Waals surface area (Å²) in [7, 11) is 0. The lowest BCUT2D eigenvalue weighted by Crippen LogP contribution is -2.50. The SMILES string of the molecule is C[C@H](Sc1ccccc1)C(=O)N1CCN(c2cccc(C(F)(F)F)c2)CC1. The number of hydrogen-bond acceptors (Lipinski definition) is 3. The second-order valence-electron chi connectivity index (χ2n) is 6.43. The molecule has 0 unspecified atom stereocenters. The Kier molecular flexibility index (Phi) is 5.99. The summed E-state index contributed by atoms with van der Waals surface area (Å²) in [5.41, 5.74) is -0.102. The van der Waals surface area contributed by atoms with Gasteiger partial charge in [0, 0.05) is 36.8 Å². The molecule has 1 aliphatic rings. The van der Waals surface area contributed by atoms with Crippen LogP contribution in [0, 0.1) is 0 Å². The second kappa shape index (κ2) is 8.25. The van der Waals surface area contributed by atoms with Crippen molar-refractivity contribution in [2.45, 2.75) is 23.2 Å². The van der Waals surface area contributed by atoms with Gasteiger partial charge in [-0.15, -0.1) is 11.8 Å². The van der Waals surface area contributed by atoms with E-state index in [4.69, 9.17) is 0 Å². The summed E-state index contributed by atoms with van der Waals surface area (Å²) in [6.45, 7) is 3.95. The van der Waals surface area contributed by atoms with Crippen LogP contribution in [-0.4, -0.2) is 42.2 Å². The zero-order chi connectivity index (χ0) is 19.4. The van der Waals surface area contributed by atoms with Crippen molar-refractivity contribution < 1.29 is 18.0 Å². The van der Waals surface area contributed by atoms with E-state index in [1.165, 1.54) is 23.9 Å². The monoisotopic (exact) mass is 394 g/mol. The van der Waals surface area contributed by atoms with Gasteiger partial charge in [-0.05, 0) is 37.3 Å². The molecule has 1 atom stereocenters. The van der Waals surface area contributed by atoms with Gasteiger partial charge in [-0.2, -0.15) is 13.2 Å². The Morgan fingerprint density at radius 2 is 1.67 bits per heavy atom. The minimum Gasteiger partial charge on any atom is -0.368 e. The van der Waals surface area contributed by atoms with Gasteiger partial charge in [0.25, 0.3) is 0 Å². The summed E-state index contributed by atoms with van der Waals surface area (Å²) >= 11 is 1.52. The van der Waals surface area contributed by atoms with Gasteiger partial charge in [0.05, 0.1) is 10.8 Å². The number of carbonyl (C=O) groups is 1. The summed E-state index contributed by atoms with van der Waals surface area (Å²) in [6, 6.07) is 15.1. The van der Waals surface area contributed by atoms with Crippen LogP contribution >= 0.6 is 11.8 Å². The van der Waals surface area contributed by atoms with Crippen LogP contribution in [0.1, 0.15) is 12.5 Å². The third-order valence-electron chi connectivity index (χ3n) is 4.53. The number of carbonyl (C=O) groups excluding carboxylic acids is 1. The zero-order valence-electron chi connectivity index (χ0n) is 14.9. The highest BCUT2D eigenvalue weighted by Crippen LogP contribution is 2.32. The molecule has 0 saturated carbocycles. The van der Waals surface area contributed by atoms with Crippen LogP contribution < -0.4 is 4.90 Å². The van der Waals surface area contributed by atoms with E-state index in [0.717, 1.165) is 11.0 Å². The molecule has 0 N–H and O–H groups in total. The average Bonchev–Trinajstić information content (AvgIpc) is 2.68. The highest BCUT2D eigenvalue weighted by atomic mass is 32.2. The van der Waals surface area contributed by atoms with Gasteiger partial charge in [-0.25, -0.2) is 0 Å². The summed E-state index contributed by atoms with van der Waals surface area (Å²) in [5, 5.41) is -0.201. The molecule has 0 aromatic heterocycles. The van der Waals surface area contributed by atoms with Crippen LogP contribution in [0.25, 0.3) is 0 Å². The molecule has 3 rings (SSSR count). The van der Waals surface area contributed by atoms with Crippen molar-refractivity contribution in [2.24, 2.45) is 0 Å². The van der Waals surface area contributed by atoms with Crippen molar-refractivity contribution in [2.75, 3.05) is 31.1 Å². The van der Waals surface area contributed by atoms with E-state index >= 15 is 0 Å². The number of halogens is 3. The Balaban J connectivity index is 1.58.